The van der Waals surface area contributed by atoms with Crippen LogP contribution < -0.4 is 14.9 Å². The molecule has 0 aliphatic heterocycles. The molecule has 0 radical (unpaired) electrons. The molecule has 0 bridgehead atoms. The Balaban J connectivity index is 2.03. The highest BCUT2D eigenvalue weighted by Gasteiger charge is 2.23. The van der Waals surface area contributed by atoms with Crippen molar-refractivity contribution in [3.8, 4) is 0 Å². The number of carbonyl (C=O) groups excluding carboxylic acids is 1. The summed E-state index contributed by atoms with van der Waals surface area (Å²) in [5.41, 5.74) is 0.787. The van der Waals surface area contributed by atoms with Gasteiger partial charge >= 0.3 is 0 Å². The number of sulfonamides is 1. The van der Waals surface area contributed by atoms with Gasteiger partial charge in [-0.15, -0.1) is 0 Å². The molecule has 0 aromatic heterocycles. The molecule has 0 aliphatic rings. The molecule has 28 heavy (non-hydrogen) atoms. The van der Waals surface area contributed by atoms with Crippen LogP contribution in [0.5, 0.6) is 0 Å². The second-order valence-corrected chi connectivity index (χ2v) is 9.99. The molecular formula is C20H27ClN3O3S+. The molecule has 2 rings (SSSR count). The number of halogens is 1. The van der Waals surface area contributed by atoms with E-state index in [9.17, 15) is 13.2 Å². The van der Waals surface area contributed by atoms with Crippen LogP contribution in [0.2, 0.25) is 5.02 Å². The second-order valence-electron chi connectivity index (χ2n) is 7.87. The largest absolute Gasteiger partial charge is 0.351 e. The Morgan fingerprint density at radius 1 is 1.04 bits per heavy atom. The van der Waals surface area contributed by atoms with E-state index in [1.807, 2.05) is 0 Å². The fraction of sp³-hybridized carbons (Fsp3) is 0.350. The summed E-state index contributed by atoms with van der Waals surface area (Å²) < 4.78 is 27.4. The Hall–Kier alpha value is -2.09. The number of benzene rings is 2. The first-order valence-electron chi connectivity index (χ1n) is 8.94. The lowest BCUT2D eigenvalue weighted by Gasteiger charge is -2.26. The zero-order chi connectivity index (χ0) is 20.9. The van der Waals surface area contributed by atoms with Crippen LogP contribution in [0.3, 0.4) is 0 Å². The molecule has 0 unspecified atom stereocenters. The Bertz CT molecular complexity index is 909. The Morgan fingerprint density at radius 2 is 1.61 bits per heavy atom. The van der Waals surface area contributed by atoms with Gasteiger partial charge in [0, 0.05) is 28.2 Å². The quantitative estimate of drug-likeness (QED) is 0.606. The molecule has 2 aromatic carbocycles. The highest BCUT2D eigenvalue weighted by atomic mass is 35.5. The van der Waals surface area contributed by atoms with Gasteiger partial charge in [-0.05, 0) is 48.5 Å². The summed E-state index contributed by atoms with van der Waals surface area (Å²) in [5, 5.41) is 3.44. The number of nitrogens with one attached hydrogen (secondary N) is 3. The van der Waals surface area contributed by atoms with Gasteiger partial charge in [0.2, 0.25) is 0 Å². The zero-order valence-electron chi connectivity index (χ0n) is 16.5. The SMILES string of the molecule is C[NH+](C)CC(C)(C)CNC(=O)c1ccc(S(=O)(=O)Nc2ccc(Cl)cc2)cc1. The van der Waals surface area contributed by atoms with Crippen molar-refractivity contribution in [2.45, 2.75) is 18.7 Å². The lowest BCUT2D eigenvalue weighted by atomic mass is 9.93. The van der Waals surface area contributed by atoms with E-state index in [0.29, 0.717) is 22.8 Å². The summed E-state index contributed by atoms with van der Waals surface area (Å²) in [7, 11) is 0.395. The van der Waals surface area contributed by atoms with Gasteiger partial charge in [-0.25, -0.2) is 8.42 Å². The third-order valence-electron chi connectivity index (χ3n) is 4.08. The van der Waals surface area contributed by atoms with Gasteiger partial charge in [0.25, 0.3) is 15.9 Å². The normalized spacial score (nSPS) is 12.1. The van der Waals surface area contributed by atoms with Gasteiger partial charge in [-0.3, -0.25) is 9.52 Å². The maximum Gasteiger partial charge on any atom is 0.261 e. The molecule has 0 atom stereocenters. The lowest BCUT2D eigenvalue weighted by Crippen LogP contribution is -3.07. The van der Waals surface area contributed by atoms with Crippen molar-refractivity contribution in [1.29, 1.82) is 0 Å². The van der Waals surface area contributed by atoms with Crippen molar-refractivity contribution < 1.29 is 18.1 Å². The fourth-order valence-electron chi connectivity index (χ4n) is 2.96. The third kappa shape index (κ3) is 6.51. The van der Waals surface area contributed by atoms with Crippen LogP contribution >= 0.6 is 11.6 Å². The van der Waals surface area contributed by atoms with Crippen LogP contribution in [0, 0.1) is 5.41 Å². The second kappa shape index (κ2) is 8.94. The summed E-state index contributed by atoms with van der Waals surface area (Å²) >= 11 is 5.81. The average Bonchev–Trinajstić information content (AvgIpc) is 2.60. The molecule has 0 aliphatic carbocycles. The minimum atomic E-state index is -3.75. The molecule has 152 valence electrons. The van der Waals surface area contributed by atoms with E-state index in [-0.39, 0.29) is 16.2 Å². The fourth-order valence-corrected chi connectivity index (χ4v) is 4.14. The summed E-state index contributed by atoms with van der Waals surface area (Å²) in [6.45, 7) is 5.65. The van der Waals surface area contributed by atoms with Gasteiger partial charge < -0.3 is 10.2 Å². The van der Waals surface area contributed by atoms with Crippen molar-refractivity contribution in [3.05, 3.63) is 59.1 Å². The number of anilines is 1. The molecule has 3 N–H and O–H groups in total. The van der Waals surface area contributed by atoms with Crippen molar-refractivity contribution in [2.24, 2.45) is 5.41 Å². The van der Waals surface area contributed by atoms with Gasteiger partial charge in [-0.1, -0.05) is 25.4 Å². The first kappa shape index (κ1) is 22.2. The average molecular weight is 425 g/mol. The van der Waals surface area contributed by atoms with E-state index < -0.39 is 10.0 Å². The molecule has 1 amide bonds. The van der Waals surface area contributed by atoms with Crippen LogP contribution in [-0.4, -0.2) is 41.5 Å². The first-order chi connectivity index (χ1) is 13.0. The monoisotopic (exact) mass is 424 g/mol. The Labute approximate surface area is 171 Å². The van der Waals surface area contributed by atoms with E-state index >= 15 is 0 Å². The van der Waals surface area contributed by atoms with Crippen LogP contribution in [0.1, 0.15) is 24.2 Å². The van der Waals surface area contributed by atoms with Crippen molar-refractivity contribution in [1.82, 2.24) is 5.32 Å². The van der Waals surface area contributed by atoms with E-state index in [1.165, 1.54) is 29.2 Å². The number of carbonyl (C=O) groups is 1. The highest BCUT2D eigenvalue weighted by Crippen LogP contribution is 2.19. The molecule has 2 aromatic rings. The van der Waals surface area contributed by atoms with Crippen molar-refractivity contribution >= 4 is 33.2 Å². The predicted octanol–water partition coefficient (Wildman–Crippen LogP) is 2.04. The number of rotatable bonds is 8. The summed E-state index contributed by atoms with van der Waals surface area (Å²) in [4.78, 5) is 13.8. The number of amides is 1. The summed E-state index contributed by atoms with van der Waals surface area (Å²) in [6, 6.07) is 12.2. The molecule has 0 saturated carbocycles. The zero-order valence-corrected chi connectivity index (χ0v) is 18.1. The maximum atomic E-state index is 12.5. The first-order valence-corrected chi connectivity index (χ1v) is 10.8. The highest BCUT2D eigenvalue weighted by molar-refractivity contribution is 7.92. The maximum absolute atomic E-state index is 12.5. The minimum absolute atomic E-state index is 0.0414. The molecule has 0 saturated heterocycles. The molecule has 0 spiro atoms. The van der Waals surface area contributed by atoms with Crippen molar-refractivity contribution in [3.63, 3.8) is 0 Å². The van der Waals surface area contributed by atoms with Gasteiger partial charge in [0.1, 0.15) is 0 Å². The summed E-state index contributed by atoms with van der Waals surface area (Å²) in [6.07, 6.45) is 0. The molecule has 8 heteroatoms. The van der Waals surface area contributed by atoms with Crippen LogP contribution in [0.15, 0.2) is 53.4 Å². The standard InChI is InChI=1S/C20H26ClN3O3S/c1-20(2,14-24(3)4)13-22-19(25)15-5-11-18(12-6-15)28(26,27)23-17-9-7-16(21)8-10-17/h5-12,23H,13-14H2,1-4H3,(H,22,25)/p+1. The molecule has 6 nitrogen and oxygen atoms in total. The van der Waals surface area contributed by atoms with Crippen LogP contribution in [-0.2, 0) is 10.0 Å². The minimum Gasteiger partial charge on any atom is -0.351 e. The number of hydrogen-bond donors (Lipinski definition) is 3. The van der Waals surface area contributed by atoms with Crippen LogP contribution in [0.4, 0.5) is 5.69 Å². The number of quaternary nitrogens is 1. The number of hydrogen-bond acceptors (Lipinski definition) is 3. The summed E-state index contributed by atoms with van der Waals surface area (Å²) in [5.74, 6) is -0.226. The topological polar surface area (TPSA) is 79.7 Å². The van der Waals surface area contributed by atoms with Gasteiger partial charge in [-0.2, -0.15) is 0 Å². The molecule has 0 heterocycles. The smallest absolute Gasteiger partial charge is 0.261 e. The van der Waals surface area contributed by atoms with Crippen LogP contribution in [0.25, 0.3) is 0 Å². The van der Waals surface area contributed by atoms with E-state index in [4.69, 9.17) is 11.6 Å². The Morgan fingerprint density at radius 3 is 2.14 bits per heavy atom. The third-order valence-corrected chi connectivity index (χ3v) is 5.73. The lowest BCUT2D eigenvalue weighted by molar-refractivity contribution is -0.865. The molecule has 0 fully saturated rings. The van der Waals surface area contributed by atoms with E-state index in [0.717, 1.165) is 6.54 Å². The van der Waals surface area contributed by atoms with E-state index in [2.05, 4.69) is 38.0 Å². The Kier molecular flexibility index (Phi) is 7.09. The van der Waals surface area contributed by atoms with E-state index in [1.54, 1.807) is 24.3 Å². The predicted molar refractivity (Wildman–Crippen MR) is 112 cm³/mol. The molecular weight excluding hydrogens is 398 g/mol. The van der Waals surface area contributed by atoms with Gasteiger partial charge in [0.15, 0.2) is 0 Å². The van der Waals surface area contributed by atoms with Crippen molar-refractivity contribution in [2.75, 3.05) is 31.9 Å². The van der Waals surface area contributed by atoms with Gasteiger partial charge in [0.05, 0.1) is 25.5 Å².